The van der Waals surface area contributed by atoms with Crippen molar-refractivity contribution >= 4 is 11.6 Å². The molecule has 1 aliphatic heterocycles. The van der Waals surface area contributed by atoms with Gasteiger partial charge in [0.05, 0.1) is 29.8 Å². The van der Waals surface area contributed by atoms with Crippen LogP contribution in [-0.4, -0.2) is 41.3 Å². The van der Waals surface area contributed by atoms with E-state index in [1.165, 1.54) is 19.1 Å². The number of allylic oxidation sites excluding steroid dienone is 3. The molecule has 0 saturated carbocycles. The quantitative estimate of drug-likeness (QED) is 0.611. The average molecular weight is 465 g/mol. The molecule has 0 fully saturated rings. The van der Waals surface area contributed by atoms with Gasteiger partial charge in [-0.1, -0.05) is 6.92 Å². The second kappa shape index (κ2) is 8.85. The van der Waals surface area contributed by atoms with Crippen molar-refractivity contribution in [2.75, 3.05) is 18.1 Å². The highest BCUT2D eigenvalue weighted by atomic mass is 19.4. The number of hydrazine groups is 1. The first-order chi connectivity index (χ1) is 15.5. The van der Waals surface area contributed by atoms with E-state index in [2.05, 4.69) is 5.43 Å². The van der Waals surface area contributed by atoms with Gasteiger partial charge in [0, 0.05) is 30.8 Å². The van der Waals surface area contributed by atoms with Gasteiger partial charge < -0.3 is 15.4 Å². The molecule has 0 spiro atoms. The van der Waals surface area contributed by atoms with E-state index in [4.69, 9.17) is 0 Å². The Bertz CT molecular complexity index is 1010. The van der Waals surface area contributed by atoms with Crippen molar-refractivity contribution in [2.45, 2.75) is 45.4 Å². The smallest absolute Gasteiger partial charge is 0.390 e. The van der Waals surface area contributed by atoms with Crippen LogP contribution in [0.25, 0.3) is 0 Å². The topological polar surface area (TPSA) is 55.8 Å². The number of alkyl halides is 3. The zero-order valence-corrected chi connectivity index (χ0v) is 18.5. The van der Waals surface area contributed by atoms with Crippen LogP contribution in [0.2, 0.25) is 0 Å². The van der Waals surface area contributed by atoms with Crippen LogP contribution in [0.3, 0.4) is 0 Å². The normalized spacial score (nSPS) is 22.9. The standard InChI is InChI=1S/C24H27F4N3O2/c1-14(32)13-30(10-9-24(26,27)28)23(33)19-8-3-16-11-21-20(15(2)22(16)19)12-29-31(21)18-6-4-17(25)5-7-18/h4-7,11-12,14-15,19,29,32H,3,8-10,13H2,1-2H3/t14-,15-,19-/m0/s1. The molecule has 33 heavy (non-hydrogen) atoms. The zero-order chi connectivity index (χ0) is 23.9. The molecule has 9 heteroatoms. The van der Waals surface area contributed by atoms with Crippen molar-refractivity contribution in [3.8, 4) is 0 Å². The highest BCUT2D eigenvalue weighted by Gasteiger charge is 2.42. The lowest BCUT2D eigenvalue weighted by atomic mass is 9.80. The van der Waals surface area contributed by atoms with E-state index < -0.39 is 31.2 Å². The fourth-order valence-electron chi connectivity index (χ4n) is 4.95. The first kappa shape index (κ1) is 23.4. The number of anilines is 1. The second-order valence-corrected chi connectivity index (χ2v) is 8.86. The van der Waals surface area contributed by atoms with Gasteiger partial charge >= 0.3 is 6.18 Å². The first-order valence-electron chi connectivity index (χ1n) is 11.1. The highest BCUT2D eigenvalue weighted by Crippen LogP contribution is 2.48. The van der Waals surface area contributed by atoms with Crippen LogP contribution in [-0.2, 0) is 4.79 Å². The Morgan fingerprint density at radius 3 is 2.64 bits per heavy atom. The molecule has 1 heterocycles. The molecule has 3 atom stereocenters. The molecular weight excluding hydrogens is 438 g/mol. The van der Waals surface area contributed by atoms with Crippen molar-refractivity contribution in [1.29, 1.82) is 0 Å². The van der Waals surface area contributed by atoms with Gasteiger partial charge in [-0.2, -0.15) is 13.2 Å². The fourth-order valence-corrected chi connectivity index (χ4v) is 4.95. The molecular formula is C24H27F4N3O2. The summed E-state index contributed by atoms with van der Waals surface area (Å²) < 4.78 is 51.8. The molecule has 3 aliphatic rings. The molecule has 0 aromatic heterocycles. The number of hydrogen-bond donors (Lipinski definition) is 2. The van der Waals surface area contributed by atoms with E-state index in [1.807, 2.05) is 24.2 Å². The number of rotatable bonds is 6. The lowest BCUT2D eigenvalue weighted by Crippen LogP contribution is -2.42. The maximum atomic E-state index is 13.3. The summed E-state index contributed by atoms with van der Waals surface area (Å²) in [6.45, 7) is 2.85. The summed E-state index contributed by atoms with van der Waals surface area (Å²) in [6.07, 6.45) is -1.38. The Hall–Kier alpha value is -2.81. The molecule has 1 aromatic rings. The number of nitrogens with zero attached hydrogens (tertiary/aromatic N) is 2. The van der Waals surface area contributed by atoms with Crippen molar-refractivity contribution < 1.29 is 27.5 Å². The number of carbonyl (C=O) groups is 1. The van der Waals surface area contributed by atoms with Crippen LogP contribution in [0.5, 0.6) is 0 Å². The minimum absolute atomic E-state index is 0.106. The molecule has 2 aliphatic carbocycles. The Labute approximate surface area is 190 Å². The monoisotopic (exact) mass is 465 g/mol. The van der Waals surface area contributed by atoms with E-state index in [1.54, 1.807) is 12.1 Å². The van der Waals surface area contributed by atoms with Gasteiger partial charge in [-0.15, -0.1) is 0 Å². The Morgan fingerprint density at radius 2 is 2.00 bits per heavy atom. The number of hydrogen-bond acceptors (Lipinski definition) is 4. The van der Waals surface area contributed by atoms with E-state index in [0.717, 1.165) is 33.0 Å². The minimum Gasteiger partial charge on any atom is -0.392 e. The Balaban J connectivity index is 1.59. The molecule has 1 aromatic carbocycles. The molecule has 5 nitrogen and oxygen atoms in total. The van der Waals surface area contributed by atoms with Gasteiger partial charge in [-0.3, -0.25) is 9.80 Å². The SMILES string of the molecule is C[C@H]1C2=CNN(c3ccc(F)cc3)C2=CC2=C1[C@@H](C(=O)N(CCC(F)(F)F)C[C@H](C)O)CC2. The first-order valence-corrected chi connectivity index (χ1v) is 11.1. The molecule has 1 amide bonds. The second-order valence-electron chi connectivity index (χ2n) is 8.86. The van der Waals surface area contributed by atoms with E-state index in [9.17, 15) is 27.5 Å². The third kappa shape index (κ3) is 4.78. The molecule has 4 rings (SSSR count). The number of carbonyl (C=O) groups excluding carboxylic acids is 1. The number of aliphatic hydroxyl groups is 1. The third-order valence-corrected chi connectivity index (χ3v) is 6.42. The van der Waals surface area contributed by atoms with Crippen LogP contribution in [0.15, 0.2) is 59.0 Å². The van der Waals surface area contributed by atoms with Crippen molar-refractivity contribution in [3.05, 3.63) is 64.8 Å². The molecule has 0 radical (unpaired) electrons. The van der Waals surface area contributed by atoms with E-state index >= 15 is 0 Å². The number of halogens is 4. The van der Waals surface area contributed by atoms with Gasteiger partial charge in [0.2, 0.25) is 5.91 Å². The van der Waals surface area contributed by atoms with Crippen LogP contribution in [0.1, 0.15) is 33.1 Å². The van der Waals surface area contributed by atoms with Crippen molar-refractivity contribution in [2.24, 2.45) is 11.8 Å². The van der Waals surface area contributed by atoms with Crippen LogP contribution >= 0.6 is 0 Å². The third-order valence-electron chi connectivity index (χ3n) is 6.42. The summed E-state index contributed by atoms with van der Waals surface area (Å²) in [5.41, 5.74) is 7.78. The van der Waals surface area contributed by atoms with E-state index in [0.29, 0.717) is 12.8 Å². The maximum absolute atomic E-state index is 13.3. The lowest BCUT2D eigenvalue weighted by molar-refractivity contribution is -0.148. The number of nitrogens with one attached hydrogen (secondary N) is 1. The van der Waals surface area contributed by atoms with Crippen LogP contribution in [0.4, 0.5) is 23.2 Å². The largest absolute Gasteiger partial charge is 0.392 e. The summed E-state index contributed by atoms with van der Waals surface area (Å²) in [5, 5.41) is 11.6. The molecule has 0 saturated heterocycles. The predicted octanol–water partition coefficient (Wildman–Crippen LogP) is 4.44. The summed E-state index contributed by atoms with van der Waals surface area (Å²) in [5.74, 6) is -1.31. The highest BCUT2D eigenvalue weighted by molar-refractivity contribution is 5.84. The number of aliphatic hydroxyl groups excluding tert-OH is 1. The summed E-state index contributed by atoms with van der Waals surface area (Å²) in [6, 6.07) is 6.11. The van der Waals surface area contributed by atoms with Crippen molar-refractivity contribution in [1.82, 2.24) is 10.3 Å². The molecule has 0 bridgehead atoms. The summed E-state index contributed by atoms with van der Waals surface area (Å²) >= 11 is 0. The van der Waals surface area contributed by atoms with Gasteiger partial charge in [-0.25, -0.2) is 4.39 Å². The predicted molar refractivity (Wildman–Crippen MR) is 116 cm³/mol. The van der Waals surface area contributed by atoms with Crippen LogP contribution in [0, 0.1) is 17.7 Å². The fraction of sp³-hybridized carbons (Fsp3) is 0.458. The summed E-state index contributed by atoms with van der Waals surface area (Å²) in [7, 11) is 0. The molecule has 178 valence electrons. The van der Waals surface area contributed by atoms with Gasteiger partial charge in [-0.05, 0) is 61.3 Å². The van der Waals surface area contributed by atoms with Gasteiger partial charge in [0.25, 0.3) is 0 Å². The lowest BCUT2D eigenvalue weighted by Gasteiger charge is -2.32. The number of benzene rings is 1. The van der Waals surface area contributed by atoms with Gasteiger partial charge in [0.1, 0.15) is 5.82 Å². The molecule has 2 N–H and O–H groups in total. The number of amides is 1. The number of fused-ring (bicyclic) bond motifs is 1. The van der Waals surface area contributed by atoms with Crippen molar-refractivity contribution in [3.63, 3.8) is 0 Å². The maximum Gasteiger partial charge on any atom is 0.390 e. The minimum atomic E-state index is -4.38. The Morgan fingerprint density at radius 1 is 1.30 bits per heavy atom. The van der Waals surface area contributed by atoms with E-state index in [-0.39, 0.29) is 24.2 Å². The van der Waals surface area contributed by atoms with Gasteiger partial charge in [0.15, 0.2) is 0 Å². The zero-order valence-electron chi connectivity index (χ0n) is 18.5. The Kier molecular flexibility index (Phi) is 6.26. The summed E-state index contributed by atoms with van der Waals surface area (Å²) in [4.78, 5) is 14.5. The average Bonchev–Trinajstić information content (AvgIpc) is 3.35. The van der Waals surface area contributed by atoms with Crippen LogP contribution < -0.4 is 10.4 Å². The molecule has 0 unspecified atom stereocenters.